The van der Waals surface area contributed by atoms with Gasteiger partial charge in [0.25, 0.3) is 5.56 Å². The van der Waals surface area contributed by atoms with Gasteiger partial charge in [0.1, 0.15) is 16.9 Å². The molecule has 0 unspecified atom stereocenters. The lowest BCUT2D eigenvalue weighted by molar-refractivity contribution is -0.119. The van der Waals surface area contributed by atoms with Gasteiger partial charge in [-0.3, -0.25) is 19.3 Å². The zero-order chi connectivity index (χ0) is 24.1. The summed E-state index contributed by atoms with van der Waals surface area (Å²) in [6.45, 7) is 4.37. The molecule has 0 aliphatic carbocycles. The highest BCUT2D eigenvalue weighted by atomic mass is 32.2. The van der Waals surface area contributed by atoms with Gasteiger partial charge in [0.05, 0.1) is 37.4 Å². The lowest BCUT2D eigenvalue weighted by atomic mass is 10.1. The van der Waals surface area contributed by atoms with Gasteiger partial charge >= 0.3 is 0 Å². The summed E-state index contributed by atoms with van der Waals surface area (Å²) in [6.07, 6.45) is 1.45. The number of ether oxygens (including phenoxy) is 2. The maximum Gasteiger partial charge on any atom is 0.269 e. The van der Waals surface area contributed by atoms with Crippen LogP contribution in [0.5, 0.6) is 11.5 Å². The molecule has 10 heteroatoms. The first-order valence-electron chi connectivity index (χ1n) is 10.8. The van der Waals surface area contributed by atoms with Crippen molar-refractivity contribution in [3.05, 3.63) is 70.6 Å². The highest BCUT2D eigenvalue weighted by Gasteiger charge is 2.17. The molecule has 4 rings (SSSR count). The van der Waals surface area contributed by atoms with E-state index in [1.807, 2.05) is 38.1 Å². The third-order valence-corrected chi connectivity index (χ3v) is 6.12. The van der Waals surface area contributed by atoms with Crippen LogP contribution >= 0.6 is 11.8 Å². The number of aromatic amines is 1. The summed E-state index contributed by atoms with van der Waals surface area (Å²) < 4.78 is 12.2. The average molecular weight is 480 g/mol. The van der Waals surface area contributed by atoms with Gasteiger partial charge in [-0.25, -0.2) is 4.98 Å². The molecule has 2 aromatic carbocycles. The van der Waals surface area contributed by atoms with E-state index in [9.17, 15) is 9.59 Å². The van der Waals surface area contributed by atoms with E-state index in [-0.39, 0.29) is 23.3 Å². The van der Waals surface area contributed by atoms with Crippen molar-refractivity contribution in [3.8, 4) is 17.2 Å². The Morgan fingerprint density at radius 3 is 2.53 bits per heavy atom. The van der Waals surface area contributed by atoms with Crippen LogP contribution in [0.1, 0.15) is 25.5 Å². The first kappa shape index (κ1) is 23.4. The predicted octanol–water partition coefficient (Wildman–Crippen LogP) is 3.49. The molecule has 0 saturated heterocycles. The van der Waals surface area contributed by atoms with Crippen molar-refractivity contribution >= 4 is 28.7 Å². The molecule has 0 fully saturated rings. The normalized spacial score (nSPS) is 11.9. The number of thioether (sulfide) groups is 1. The second-order valence-corrected chi connectivity index (χ2v) is 8.39. The number of methoxy groups -OCH3 is 1. The van der Waals surface area contributed by atoms with Crippen molar-refractivity contribution in [2.45, 2.75) is 25.0 Å². The number of benzene rings is 2. The number of carbonyl (C=O) groups excluding carboxylic acids is 1. The van der Waals surface area contributed by atoms with Gasteiger partial charge in [0, 0.05) is 0 Å². The molecular weight excluding hydrogens is 454 g/mol. The number of H-pyrrole nitrogens is 1. The molecule has 0 aliphatic rings. The summed E-state index contributed by atoms with van der Waals surface area (Å²) in [6, 6.07) is 14.5. The zero-order valence-electron chi connectivity index (χ0n) is 19.1. The van der Waals surface area contributed by atoms with Gasteiger partial charge in [0.2, 0.25) is 5.91 Å². The number of carbonyl (C=O) groups is 1. The van der Waals surface area contributed by atoms with Crippen LogP contribution in [0, 0.1) is 0 Å². The summed E-state index contributed by atoms with van der Waals surface area (Å²) in [5, 5.41) is 10.4. The van der Waals surface area contributed by atoms with Crippen molar-refractivity contribution in [3.63, 3.8) is 0 Å². The fourth-order valence-corrected chi connectivity index (χ4v) is 4.26. The molecule has 0 bridgehead atoms. The van der Waals surface area contributed by atoms with Crippen LogP contribution in [0.25, 0.3) is 16.7 Å². The van der Waals surface area contributed by atoms with Crippen molar-refractivity contribution in [1.29, 1.82) is 0 Å². The second-order valence-electron chi connectivity index (χ2n) is 7.45. The van der Waals surface area contributed by atoms with E-state index >= 15 is 0 Å². The number of nitrogens with zero attached hydrogens (tertiary/aromatic N) is 3. The third-order valence-electron chi connectivity index (χ3n) is 5.18. The number of aromatic nitrogens is 4. The fourth-order valence-electron chi connectivity index (χ4n) is 3.45. The van der Waals surface area contributed by atoms with E-state index in [1.54, 1.807) is 31.4 Å². The topological polar surface area (TPSA) is 111 Å². The van der Waals surface area contributed by atoms with Crippen LogP contribution in [-0.2, 0) is 4.79 Å². The van der Waals surface area contributed by atoms with Gasteiger partial charge in [-0.2, -0.15) is 5.10 Å². The van der Waals surface area contributed by atoms with Crippen LogP contribution in [0.2, 0.25) is 0 Å². The average Bonchev–Trinajstić information content (AvgIpc) is 3.33. The first-order chi connectivity index (χ1) is 16.5. The molecule has 0 aliphatic heterocycles. The minimum atomic E-state index is -0.266. The van der Waals surface area contributed by atoms with E-state index in [4.69, 9.17) is 9.47 Å². The molecule has 0 radical (unpaired) electrons. The molecule has 1 atom stereocenters. The number of fused-ring (bicyclic) bond motifs is 1. The first-order valence-corrected chi connectivity index (χ1v) is 11.7. The molecule has 2 aromatic heterocycles. The maximum absolute atomic E-state index is 13.2. The molecule has 2 heterocycles. The quantitative estimate of drug-likeness (QED) is 0.279. The number of hydrogen-bond donors (Lipinski definition) is 2. The summed E-state index contributed by atoms with van der Waals surface area (Å²) in [5.74, 6) is 1.37. The summed E-state index contributed by atoms with van der Waals surface area (Å²) in [5.41, 5.74) is 1.69. The molecule has 34 heavy (non-hydrogen) atoms. The highest BCUT2D eigenvalue weighted by molar-refractivity contribution is 7.99. The van der Waals surface area contributed by atoms with Gasteiger partial charge in [-0.05, 0) is 55.8 Å². The monoisotopic (exact) mass is 479 g/mol. The Hall–Kier alpha value is -3.79. The summed E-state index contributed by atoms with van der Waals surface area (Å²) in [4.78, 5) is 30.4. The Balaban J connectivity index is 1.54. The van der Waals surface area contributed by atoms with Crippen LogP contribution in [0.3, 0.4) is 0 Å². The van der Waals surface area contributed by atoms with E-state index < -0.39 is 0 Å². The number of rotatable bonds is 9. The van der Waals surface area contributed by atoms with Crippen LogP contribution in [0.15, 0.2) is 64.7 Å². The van der Waals surface area contributed by atoms with Crippen LogP contribution in [0.4, 0.5) is 0 Å². The van der Waals surface area contributed by atoms with Gasteiger partial charge in [-0.15, -0.1) is 0 Å². The Labute approximate surface area is 200 Å². The molecule has 1 amide bonds. The molecule has 0 spiro atoms. The second kappa shape index (κ2) is 10.4. The third kappa shape index (κ3) is 5.07. The SMILES string of the molecule is CCOc1ccc(-n2c(SCC(=O)N[C@H](C)c3ccc(OC)cc3)nc3[nH]ncc3c2=O)cc1. The maximum atomic E-state index is 13.2. The van der Waals surface area contributed by atoms with Crippen molar-refractivity contribution in [2.75, 3.05) is 19.5 Å². The molecule has 2 N–H and O–H groups in total. The van der Waals surface area contributed by atoms with Gasteiger partial charge in [0.15, 0.2) is 10.8 Å². The van der Waals surface area contributed by atoms with E-state index in [0.29, 0.717) is 34.2 Å². The molecule has 9 nitrogen and oxygen atoms in total. The predicted molar refractivity (Wildman–Crippen MR) is 131 cm³/mol. The number of hydrogen-bond acceptors (Lipinski definition) is 7. The molecular formula is C24H25N5O4S. The van der Waals surface area contributed by atoms with Crippen LogP contribution in [-0.4, -0.2) is 45.1 Å². The van der Waals surface area contributed by atoms with E-state index in [2.05, 4.69) is 20.5 Å². The minimum absolute atomic E-state index is 0.0869. The van der Waals surface area contributed by atoms with Crippen molar-refractivity contribution < 1.29 is 14.3 Å². The zero-order valence-corrected chi connectivity index (χ0v) is 19.9. The summed E-state index contributed by atoms with van der Waals surface area (Å²) in [7, 11) is 1.61. The Morgan fingerprint density at radius 1 is 1.15 bits per heavy atom. The van der Waals surface area contributed by atoms with Crippen molar-refractivity contribution in [2.24, 2.45) is 0 Å². The van der Waals surface area contributed by atoms with E-state index in [1.165, 1.54) is 22.5 Å². The van der Waals surface area contributed by atoms with Crippen molar-refractivity contribution in [1.82, 2.24) is 25.1 Å². The lowest BCUT2D eigenvalue weighted by Crippen LogP contribution is -2.29. The Kier molecular flexibility index (Phi) is 7.17. The molecule has 0 saturated carbocycles. The minimum Gasteiger partial charge on any atom is -0.497 e. The van der Waals surface area contributed by atoms with Gasteiger partial charge in [-0.1, -0.05) is 23.9 Å². The summed E-state index contributed by atoms with van der Waals surface area (Å²) >= 11 is 1.18. The fraction of sp³-hybridized carbons (Fsp3) is 0.250. The molecule has 176 valence electrons. The highest BCUT2D eigenvalue weighted by Crippen LogP contribution is 2.23. The smallest absolute Gasteiger partial charge is 0.269 e. The molecule has 4 aromatic rings. The number of nitrogens with one attached hydrogen (secondary N) is 2. The Morgan fingerprint density at radius 2 is 1.85 bits per heavy atom. The lowest BCUT2D eigenvalue weighted by Gasteiger charge is -2.16. The number of amides is 1. The standard InChI is InChI=1S/C24H25N5O4S/c1-4-33-19-11-7-17(8-12-19)29-23(31)20-13-25-28-22(20)27-24(29)34-14-21(30)26-15(2)16-5-9-18(32-3)10-6-16/h5-13,15H,4,14H2,1-3H3,(H,25,28)(H,26,30)/t15-/m1/s1. The van der Waals surface area contributed by atoms with E-state index in [0.717, 1.165) is 11.3 Å². The largest absolute Gasteiger partial charge is 0.497 e. The van der Waals surface area contributed by atoms with Gasteiger partial charge < -0.3 is 14.8 Å². The Bertz CT molecular complexity index is 1330. The van der Waals surface area contributed by atoms with Crippen LogP contribution < -0.4 is 20.3 Å².